The van der Waals surface area contributed by atoms with Crippen LogP contribution in [0.5, 0.6) is 5.88 Å². The summed E-state index contributed by atoms with van der Waals surface area (Å²) in [6.45, 7) is 0. The molecule has 0 radical (unpaired) electrons. The molecule has 3 heterocycles. The van der Waals surface area contributed by atoms with Crippen molar-refractivity contribution in [2.24, 2.45) is 0 Å². The van der Waals surface area contributed by atoms with Gasteiger partial charge in [0.05, 0.1) is 10.2 Å². The molecule has 0 saturated carbocycles. The molecule has 5 nitrogen and oxygen atoms in total. The molecule has 4 rings (SSSR count). The summed E-state index contributed by atoms with van der Waals surface area (Å²) in [4.78, 5) is 21.3. The SMILES string of the molecule is O=C(Nc1nc2ccccc2s1)c1cccnc1OC1CCSC1. The van der Waals surface area contributed by atoms with Crippen molar-refractivity contribution in [3.05, 3.63) is 48.2 Å². The summed E-state index contributed by atoms with van der Waals surface area (Å²) in [7, 11) is 0. The van der Waals surface area contributed by atoms with Gasteiger partial charge in [-0.2, -0.15) is 11.8 Å². The van der Waals surface area contributed by atoms with Crippen LogP contribution >= 0.6 is 23.1 Å². The number of carbonyl (C=O) groups is 1. The Morgan fingerprint density at radius 2 is 2.17 bits per heavy atom. The number of amides is 1. The fraction of sp³-hybridized carbons (Fsp3) is 0.235. The Balaban J connectivity index is 1.55. The Morgan fingerprint density at radius 3 is 3.00 bits per heavy atom. The molecule has 122 valence electrons. The number of anilines is 1. The second kappa shape index (κ2) is 6.78. The summed E-state index contributed by atoms with van der Waals surface area (Å²) in [5, 5.41) is 3.43. The van der Waals surface area contributed by atoms with E-state index >= 15 is 0 Å². The van der Waals surface area contributed by atoms with Gasteiger partial charge in [0, 0.05) is 11.9 Å². The quantitative estimate of drug-likeness (QED) is 0.769. The van der Waals surface area contributed by atoms with Crippen molar-refractivity contribution in [3.63, 3.8) is 0 Å². The zero-order valence-corrected chi connectivity index (χ0v) is 14.4. The van der Waals surface area contributed by atoms with Gasteiger partial charge < -0.3 is 4.74 Å². The lowest BCUT2D eigenvalue weighted by Gasteiger charge is -2.14. The Kier molecular flexibility index (Phi) is 4.36. The van der Waals surface area contributed by atoms with E-state index in [9.17, 15) is 4.79 Å². The number of ether oxygens (including phenoxy) is 1. The van der Waals surface area contributed by atoms with E-state index < -0.39 is 0 Å². The number of thioether (sulfide) groups is 1. The minimum atomic E-state index is -0.247. The Labute approximate surface area is 147 Å². The van der Waals surface area contributed by atoms with Gasteiger partial charge in [-0.25, -0.2) is 9.97 Å². The van der Waals surface area contributed by atoms with Crippen LogP contribution in [0.3, 0.4) is 0 Å². The van der Waals surface area contributed by atoms with Crippen molar-refractivity contribution in [1.82, 2.24) is 9.97 Å². The van der Waals surface area contributed by atoms with Crippen LogP contribution in [0.15, 0.2) is 42.6 Å². The van der Waals surface area contributed by atoms with Gasteiger partial charge in [0.25, 0.3) is 5.91 Å². The van der Waals surface area contributed by atoms with E-state index in [1.165, 1.54) is 11.3 Å². The number of hydrogen-bond donors (Lipinski definition) is 1. The van der Waals surface area contributed by atoms with Crippen LogP contribution < -0.4 is 10.1 Å². The third kappa shape index (κ3) is 3.22. The molecular formula is C17H15N3O2S2. The maximum absolute atomic E-state index is 12.6. The fourth-order valence-corrected chi connectivity index (χ4v) is 4.47. The molecule has 1 saturated heterocycles. The van der Waals surface area contributed by atoms with Crippen LogP contribution in [0.25, 0.3) is 10.2 Å². The Morgan fingerprint density at radius 1 is 1.25 bits per heavy atom. The number of hydrogen-bond acceptors (Lipinski definition) is 6. The molecule has 2 aromatic heterocycles. The minimum absolute atomic E-state index is 0.124. The van der Waals surface area contributed by atoms with Gasteiger partial charge in [-0.1, -0.05) is 23.5 Å². The average Bonchev–Trinajstić information content (AvgIpc) is 3.24. The van der Waals surface area contributed by atoms with Gasteiger partial charge in [0.15, 0.2) is 5.13 Å². The second-order valence-electron chi connectivity index (χ2n) is 5.40. The number of nitrogens with one attached hydrogen (secondary N) is 1. The minimum Gasteiger partial charge on any atom is -0.473 e. The Bertz CT molecular complexity index is 842. The highest BCUT2D eigenvalue weighted by atomic mass is 32.2. The van der Waals surface area contributed by atoms with E-state index in [0.29, 0.717) is 16.6 Å². The lowest BCUT2D eigenvalue weighted by Crippen LogP contribution is -2.20. The first-order valence-corrected chi connectivity index (χ1v) is 9.63. The molecule has 1 atom stereocenters. The van der Waals surface area contributed by atoms with E-state index in [4.69, 9.17) is 4.74 Å². The first-order valence-electron chi connectivity index (χ1n) is 7.66. The number of fused-ring (bicyclic) bond motifs is 1. The molecule has 1 N–H and O–H groups in total. The van der Waals surface area contributed by atoms with Crippen molar-refractivity contribution >= 4 is 44.4 Å². The third-order valence-electron chi connectivity index (χ3n) is 3.70. The molecule has 0 spiro atoms. The number of benzene rings is 1. The van der Waals surface area contributed by atoms with Gasteiger partial charge in [-0.3, -0.25) is 10.1 Å². The van der Waals surface area contributed by atoms with Crippen LogP contribution in [0.1, 0.15) is 16.8 Å². The van der Waals surface area contributed by atoms with E-state index in [0.717, 1.165) is 28.1 Å². The predicted octanol–water partition coefficient (Wildman–Crippen LogP) is 3.83. The van der Waals surface area contributed by atoms with E-state index in [1.807, 2.05) is 36.0 Å². The molecule has 1 unspecified atom stereocenters. The highest BCUT2D eigenvalue weighted by molar-refractivity contribution is 7.99. The van der Waals surface area contributed by atoms with Crippen LogP contribution in [0, 0.1) is 0 Å². The van der Waals surface area contributed by atoms with E-state index in [1.54, 1.807) is 18.3 Å². The maximum atomic E-state index is 12.6. The van der Waals surface area contributed by atoms with Gasteiger partial charge in [0.2, 0.25) is 5.88 Å². The predicted molar refractivity (Wildman–Crippen MR) is 98.2 cm³/mol. The number of thiazole rings is 1. The van der Waals surface area contributed by atoms with Gasteiger partial charge in [-0.05, 0) is 36.4 Å². The standard InChI is InChI=1S/C17H15N3O2S2/c21-15(20-17-19-13-5-1-2-6-14(13)24-17)12-4-3-8-18-16(12)22-11-7-9-23-10-11/h1-6,8,11H,7,9-10H2,(H,19,20,21). The summed E-state index contributed by atoms with van der Waals surface area (Å²) in [6, 6.07) is 11.3. The molecule has 3 aromatic rings. The summed E-state index contributed by atoms with van der Waals surface area (Å²) in [5.74, 6) is 2.17. The lowest BCUT2D eigenvalue weighted by atomic mass is 10.2. The zero-order chi connectivity index (χ0) is 16.4. The molecule has 0 bridgehead atoms. The van der Waals surface area contributed by atoms with Crippen molar-refractivity contribution in [2.45, 2.75) is 12.5 Å². The van der Waals surface area contributed by atoms with Gasteiger partial charge >= 0.3 is 0 Å². The smallest absolute Gasteiger partial charge is 0.262 e. The highest BCUT2D eigenvalue weighted by Gasteiger charge is 2.21. The van der Waals surface area contributed by atoms with Crippen LogP contribution in [-0.2, 0) is 0 Å². The summed E-state index contributed by atoms with van der Waals surface area (Å²) < 4.78 is 6.95. The molecule has 1 amide bonds. The van der Waals surface area contributed by atoms with Crippen molar-refractivity contribution in [3.8, 4) is 5.88 Å². The maximum Gasteiger partial charge on any atom is 0.262 e. The second-order valence-corrected chi connectivity index (χ2v) is 7.58. The number of rotatable bonds is 4. The van der Waals surface area contributed by atoms with Crippen LogP contribution in [-0.4, -0.2) is 33.5 Å². The fourth-order valence-electron chi connectivity index (χ4n) is 2.51. The lowest BCUT2D eigenvalue weighted by molar-refractivity contribution is 0.101. The molecular weight excluding hydrogens is 342 g/mol. The van der Waals surface area contributed by atoms with E-state index in [-0.39, 0.29) is 12.0 Å². The molecule has 1 fully saturated rings. The van der Waals surface area contributed by atoms with Gasteiger partial charge in [0.1, 0.15) is 11.7 Å². The van der Waals surface area contributed by atoms with Crippen LogP contribution in [0.2, 0.25) is 0 Å². The summed E-state index contributed by atoms with van der Waals surface area (Å²) >= 11 is 3.31. The zero-order valence-electron chi connectivity index (χ0n) is 12.8. The van der Waals surface area contributed by atoms with Crippen molar-refractivity contribution in [1.29, 1.82) is 0 Å². The Hall–Kier alpha value is -2.12. The topological polar surface area (TPSA) is 64.1 Å². The molecule has 1 aliphatic heterocycles. The molecule has 0 aliphatic carbocycles. The number of aromatic nitrogens is 2. The number of carbonyl (C=O) groups excluding carboxylic acids is 1. The van der Waals surface area contributed by atoms with Gasteiger partial charge in [-0.15, -0.1) is 0 Å². The van der Waals surface area contributed by atoms with Crippen molar-refractivity contribution in [2.75, 3.05) is 16.8 Å². The first-order chi connectivity index (χ1) is 11.8. The number of para-hydroxylation sites is 1. The third-order valence-corrected chi connectivity index (χ3v) is 5.78. The number of nitrogens with zero attached hydrogens (tertiary/aromatic N) is 2. The van der Waals surface area contributed by atoms with Crippen LogP contribution in [0.4, 0.5) is 5.13 Å². The summed E-state index contributed by atoms with van der Waals surface area (Å²) in [6.07, 6.45) is 2.75. The summed E-state index contributed by atoms with van der Waals surface area (Å²) in [5.41, 5.74) is 1.32. The monoisotopic (exact) mass is 357 g/mol. The van der Waals surface area contributed by atoms with Crippen molar-refractivity contribution < 1.29 is 9.53 Å². The molecule has 7 heteroatoms. The normalized spacial score (nSPS) is 17.1. The first kappa shape index (κ1) is 15.4. The highest BCUT2D eigenvalue weighted by Crippen LogP contribution is 2.27. The average molecular weight is 357 g/mol. The largest absolute Gasteiger partial charge is 0.473 e. The molecule has 1 aromatic carbocycles. The number of pyridine rings is 1. The molecule has 24 heavy (non-hydrogen) atoms. The molecule has 1 aliphatic rings. The van der Waals surface area contributed by atoms with E-state index in [2.05, 4.69) is 15.3 Å².